The maximum absolute atomic E-state index is 6.57. The molecule has 0 saturated heterocycles. The summed E-state index contributed by atoms with van der Waals surface area (Å²) in [5, 5.41) is 9.50. The lowest BCUT2D eigenvalue weighted by atomic mass is 9.96. The van der Waals surface area contributed by atoms with Crippen LogP contribution in [0.5, 0.6) is 0 Å². The van der Waals surface area contributed by atoms with Gasteiger partial charge in [-0.25, -0.2) is 15.0 Å². The van der Waals surface area contributed by atoms with Crippen LogP contribution in [0.1, 0.15) is 18.7 Å². The summed E-state index contributed by atoms with van der Waals surface area (Å²) in [4.78, 5) is 15.5. The van der Waals surface area contributed by atoms with E-state index in [1.807, 2.05) is 23.5 Å². The van der Waals surface area contributed by atoms with Crippen LogP contribution in [0.2, 0.25) is 0 Å². The maximum Gasteiger partial charge on any atom is 0.164 e. The van der Waals surface area contributed by atoms with E-state index in [2.05, 4.69) is 140 Å². The van der Waals surface area contributed by atoms with Crippen molar-refractivity contribution in [2.24, 2.45) is 0 Å². The summed E-state index contributed by atoms with van der Waals surface area (Å²) in [7, 11) is 0. The van der Waals surface area contributed by atoms with Gasteiger partial charge in [0.2, 0.25) is 0 Å². The molecule has 0 saturated carbocycles. The third-order valence-electron chi connectivity index (χ3n) is 10.4. The molecule has 3 aromatic heterocycles. The van der Waals surface area contributed by atoms with Crippen LogP contribution < -0.4 is 0 Å². The average molecular weight is 684 g/mol. The lowest BCUT2D eigenvalue weighted by Crippen LogP contribution is -2.04. The molecule has 11 rings (SSSR count). The Balaban J connectivity index is 1.13. The summed E-state index contributed by atoms with van der Waals surface area (Å²) in [6.07, 6.45) is 8.27. The average Bonchev–Trinajstić information content (AvgIpc) is 3.79. The van der Waals surface area contributed by atoms with Gasteiger partial charge < -0.3 is 4.42 Å². The largest absolute Gasteiger partial charge is 0.456 e. The van der Waals surface area contributed by atoms with Crippen molar-refractivity contribution in [3.63, 3.8) is 0 Å². The first kappa shape index (κ1) is 29.3. The molecule has 0 unspecified atom stereocenters. The Morgan fingerprint density at radius 1 is 0.500 bits per heavy atom. The van der Waals surface area contributed by atoms with Gasteiger partial charge in [0.1, 0.15) is 11.2 Å². The van der Waals surface area contributed by atoms with Crippen LogP contribution in [0.3, 0.4) is 0 Å². The highest BCUT2D eigenvalue weighted by molar-refractivity contribution is 7.25. The van der Waals surface area contributed by atoms with E-state index in [4.69, 9.17) is 19.4 Å². The monoisotopic (exact) mass is 683 g/mol. The predicted octanol–water partition coefficient (Wildman–Crippen LogP) is 13.2. The van der Waals surface area contributed by atoms with Gasteiger partial charge in [0.05, 0.1) is 0 Å². The number of furan rings is 1. The van der Waals surface area contributed by atoms with Crippen molar-refractivity contribution in [2.45, 2.75) is 12.8 Å². The first-order valence-electron chi connectivity index (χ1n) is 17.7. The van der Waals surface area contributed by atoms with E-state index in [9.17, 15) is 0 Å². The van der Waals surface area contributed by atoms with Crippen LogP contribution in [0, 0.1) is 0 Å². The molecule has 1 aliphatic rings. The number of benzene rings is 7. The van der Waals surface area contributed by atoms with Gasteiger partial charge in [-0.05, 0) is 81.4 Å². The molecule has 7 aromatic carbocycles. The molecule has 4 nitrogen and oxygen atoms in total. The van der Waals surface area contributed by atoms with Crippen molar-refractivity contribution >= 4 is 80.6 Å². The number of fused-ring (bicyclic) bond motifs is 9. The third kappa shape index (κ3) is 4.63. The maximum atomic E-state index is 6.57. The van der Waals surface area contributed by atoms with Crippen molar-refractivity contribution in [2.75, 3.05) is 0 Å². The molecule has 0 N–H and O–H groups in total. The molecule has 0 amide bonds. The summed E-state index contributed by atoms with van der Waals surface area (Å²) in [5.41, 5.74) is 6.93. The zero-order valence-electron chi connectivity index (χ0n) is 28.0. The van der Waals surface area contributed by atoms with Gasteiger partial charge in [-0.2, -0.15) is 0 Å². The van der Waals surface area contributed by atoms with E-state index < -0.39 is 0 Å². The molecular formula is C47H29N3OS. The molecule has 0 aliphatic heterocycles. The number of aromatic nitrogens is 3. The van der Waals surface area contributed by atoms with Gasteiger partial charge in [-0.15, -0.1) is 11.3 Å². The van der Waals surface area contributed by atoms with Gasteiger partial charge in [-0.3, -0.25) is 0 Å². The Hall–Kier alpha value is -6.43. The van der Waals surface area contributed by atoms with Crippen molar-refractivity contribution in [1.29, 1.82) is 0 Å². The van der Waals surface area contributed by atoms with Crippen LogP contribution >= 0.6 is 11.3 Å². The summed E-state index contributed by atoms with van der Waals surface area (Å²) < 4.78 is 9.14. The van der Waals surface area contributed by atoms with E-state index >= 15 is 0 Å². The van der Waals surface area contributed by atoms with E-state index in [0.717, 1.165) is 68.0 Å². The SMILES string of the molecule is C1=CCCC(c2nc(-c3ccc4c(ccc5ccccc54)c3)nc(-c3cccc4oc5cccc(-c6ccc7c(c6)sc6ccccc67)c5c34)n2)=C1. The molecule has 0 atom stereocenters. The number of rotatable bonds is 4. The molecule has 10 aromatic rings. The van der Waals surface area contributed by atoms with Gasteiger partial charge in [0.15, 0.2) is 17.5 Å². The van der Waals surface area contributed by atoms with Gasteiger partial charge >= 0.3 is 0 Å². The van der Waals surface area contributed by atoms with Gasteiger partial charge in [-0.1, -0.05) is 121 Å². The number of nitrogens with zero attached hydrogens (tertiary/aromatic N) is 3. The highest BCUT2D eigenvalue weighted by Crippen LogP contribution is 2.43. The summed E-state index contributed by atoms with van der Waals surface area (Å²) in [6.45, 7) is 0. The van der Waals surface area contributed by atoms with Crippen LogP contribution in [0.4, 0.5) is 0 Å². The Morgan fingerprint density at radius 2 is 1.19 bits per heavy atom. The molecule has 3 heterocycles. The van der Waals surface area contributed by atoms with Crippen molar-refractivity contribution in [3.05, 3.63) is 158 Å². The Bertz CT molecular complexity index is 3150. The van der Waals surface area contributed by atoms with E-state index in [1.165, 1.54) is 36.3 Å². The van der Waals surface area contributed by atoms with Gasteiger partial charge in [0.25, 0.3) is 0 Å². The normalized spacial score (nSPS) is 13.3. The highest BCUT2D eigenvalue weighted by atomic mass is 32.1. The van der Waals surface area contributed by atoms with E-state index in [0.29, 0.717) is 17.5 Å². The lowest BCUT2D eigenvalue weighted by molar-refractivity contribution is 0.669. The molecule has 0 fully saturated rings. The summed E-state index contributed by atoms with van der Waals surface area (Å²) in [6, 6.07) is 47.4. The first-order chi connectivity index (χ1) is 25.7. The number of hydrogen-bond acceptors (Lipinski definition) is 5. The molecule has 1 aliphatic carbocycles. The fraction of sp³-hybridized carbons (Fsp3) is 0.0426. The number of allylic oxidation sites excluding steroid dienone is 4. The predicted molar refractivity (Wildman–Crippen MR) is 218 cm³/mol. The lowest BCUT2D eigenvalue weighted by Gasteiger charge is -2.13. The molecule has 244 valence electrons. The first-order valence-corrected chi connectivity index (χ1v) is 18.5. The fourth-order valence-corrected chi connectivity index (χ4v) is 9.04. The second-order valence-electron chi connectivity index (χ2n) is 13.5. The van der Waals surface area contributed by atoms with Gasteiger partial charge in [0, 0.05) is 42.1 Å². The van der Waals surface area contributed by atoms with Crippen LogP contribution in [0.25, 0.3) is 103 Å². The minimum atomic E-state index is 0.636. The zero-order chi connectivity index (χ0) is 34.2. The number of hydrogen-bond donors (Lipinski definition) is 0. The Labute approximate surface area is 303 Å². The van der Waals surface area contributed by atoms with Crippen molar-refractivity contribution in [1.82, 2.24) is 15.0 Å². The molecule has 0 bridgehead atoms. The summed E-state index contributed by atoms with van der Waals surface area (Å²) >= 11 is 1.84. The van der Waals surface area contributed by atoms with Crippen LogP contribution in [-0.4, -0.2) is 15.0 Å². The number of thiophene rings is 1. The second kappa shape index (κ2) is 11.6. The summed E-state index contributed by atoms with van der Waals surface area (Å²) in [5.74, 6) is 2.01. The smallest absolute Gasteiger partial charge is 0.164 e. The van der Waals surface area contributed by atoms with Crippen LogP contribution in [0.15, 0.2) is 156 Å². The topological polar surface area (TPSA) is 51.8 Å². The van der Waals surface area contributed by atoms with E-state index in [-0.39, 0.29) is 0 Å². The van der Waals surface area contributed by atoms with Crippen molar-refractivity contribution < 1.29 is 4.42 Å². The quantitative estimate of drug-likeness (QED) is 0.173. The standard InChI is InChI=1S/C47H29N3OS/c1-2-11-29(12-3-1)45-48-46(32-23-24-34-30(26-32)21-20-28-10-4-5-13-33(28)34)50-47(49-45)38-16-9-18-40-44(38)43-35(15-8-17-39(43)51-40)31-22-25-37-36-14-6-7-19-41(36)52-42(37)27-31/h1-2,4-11,13-27H,3,12H2. The third-order valence-corrected chi connectivity index (χ3v) is 11.5. The van der Waals surface area contributed by atoms with E-state index in [1.54, 1.807) is 0 Å². The highest BCUT2D eigenvalue weighted by Gasteiger charge is 2.21. The minimum absolute atomic E-state index is 0.636. The van der Waals surface area contributed by atoms with Crippen molar-refractivity contribution in [3.8, 4) is 33.9 Å². The molecule has 0 radical (unpaired) electrons. The molecule has 0 spiro atoms. The van der Waals surface area contributed by atoms with Crippen LogP contribution in [-0.2, 0) is 0 Å². The molecule has 52 heavy (non-hydrogen) atoms. The second-order valence-corrected chi connectivity index (χ2v) is 14.5. The minimum Gasteiger partial charge on any atom is -0.456 e. The molecule has 5 heteroatoms. The molecular weight excluding hydrogens is 655 g/mol. The zero-order valence-corrected chi connectivity index (χ0v) is 28.8. The Morgan fingerprint density at radius 3 is 2.08 bits per heavy atom. The fourth-order valence-electron chi connectivity index (χ4n) is 7.90. The Kier molecular flexibility index (Phi) is 6.51.